The standard InChI is InChI=1S/C13H18FNO/c1-10-9-11(14)4-5-13(10)15-12-3-2-7-16-8-6-12/h4-5,9,12,15H,2-3,6-8H2,1H3. The van der Waals surface area contributed by atoms with E-state index < -0.39 is 0 Å². The molecule has 1 aromatic rings. The molecule has 0 aliphatic carbocycles. The molecule has 1 heterocycles. The molecule has 1 aliphatic heterocycles. The Labute approximate surface area is 95.8 Å². The zero-order valence-electron chi connectivity index (χ0n) is 9.63. The second-order valence-electron chi connectivity index (χ2n) is 4.34. The molecule has 2 nitrogen and oxygen atoms in total. The normalized spacial score (nSPS) is 21.5. The molecule has 1 unspecified atom stereocenters. The molecule has 0 amide bonds. The zero-order chi connectivity index (χ0) is 11.4. The summed E-state index contributed by atoms with van der Waals surface area (Å²) in [7, 11) is 0. The number of hydrogen-bond donors (Lipinski definition) is 1. The van der Waals surface area contributed by atoms with E-state index in [2.05, 4.69) is 5.32 Å². The van der Waals surface area contributed by atoms with Crippen LogP contribution in [0.2, 0.25) is 0 Å². The average Bonchev–Trinajstić information content (AvgIpc) is 2.51. The molecule has 0 spiro atoms. The number of halogens is 1. The quantitative estimate of drug-likeness (QED) is 0.831. The molecule has 88 valence electrons. The van der Waals surface area contributed by atoms with Gasteiger partial charge >= 0.3 is 0 Å². The third-order valence-electron chi connectivity index (χ3n) is 3.00. The van der Waals surface area contributed by atoms with E-state index in [0.29, 0.717) is 6.04 Å². The lowest BCUT2D eigenvalue weighted by Crippen LogP contribution is -2.20. The molecule has 1 atom stereocenters. The summed E-state index contributed by atoms with van der Waals surface area (Å²) in [6.45, 7) is 3.61. The van der Waals surface area contributed by atoms with Gasteiger partial charge in [0, 0.05) is 24.9 Å². The molecule has 0 radical (unpaired) electrons. The Morgan fingerprint density at radius 2 is 2.19 bits per heavy atom. The number of benzene rings is 1. The van der Waals surface area contributed by atoms with E-state index in [0.717, 1.165) is 43.7 Å². The summed E-state index contributed by atoms with van der Waals surface area (Å²) in [6, 6.07) is 5.33. The highest BCUT2D eigenvalue weighted by Crippen LogP contribution is 2.20. The van der Waals surface area contributed by atoms with Crippen LogP contribution in [0.5, 0.6) is 0 Å². The lowest BCUT2D eigenvalue weighted by atomic mass is 10.1. The molecule has 2 rings (SSSR count). The van der Waals surface area contributed by atoms with E-state index in [1.54, 1.807) is 6.07 Å². The van der Waals surface area contributed by atoms with Crippen LogP contribution in [0.15, 0.2) is 18.2 Å². The Morgan fingerprint density at radius 3 is 3.00 bits per heavy atom. The highest BCUT2D eigenvalue weighted by atomic mass is 19.1. The number of aryl methyl sites for hydroxylation is 1. The fourth-order valence-electron chi connectivity index (χ4n) is 2.06. The maximum absolute atomic E-state index is 12.9. The molecule has 0 aromatic heterocycles. The number of ether oxygens (including phenoxy) is 1. The van der Waals surface area contributed by atoms with Crippen LogP contribution >= 0.6 is 0 Å². The summed E-state index contributed by atoms with van der Waals surface area (Å²) < 4.78 is 18.4. The van der Waals surface area contributed by atoms with Gasteiger partial charge in [-0.3, -0.25) is 0 Å². The van der Waals surface area contributed by atoms with E-state index in [1.807, 2.05) is 13.0 Å². The fraction of sp³-hybridized carbons (Fsp3) is 0.538. The van der Waals surface area contributed by atoms with Crippen molar-refractivity contribution in [3.8, 4) is 0 Å². The van der Waals surface area contributed by atoms with Crippen molar-refractivity contribution < 1.29 is 9.13 Å². The topological polar surface area (TPSA) is 21.3 Å². The maximum Gasteiger partial charge on any atom is 0.123 e. The van der Waals surface area contributed by atoms with Crippen molar-refractivity contribution in [1.82, 2.24) is 0 Å². The Kier molecular flexibility index (Phi) is 3.78. The first-order valence-electron chi connectivity index (χ1n) is 5.86. The second kappa shape index (κ2) is 5.30. The lowest BCUT2D eigenvalue weighted by molar-refractivity contribution is 0.144. The molecule has 1 aliphatic rings. The average molecular weight is 223 g/mol. The van der Waals surface area contributed by atoms with Gasteiger partial charge in [0.05, 0.1) is 0 Å². The first kappa shape index (κ1) is 11.4. The van der Waals surface area contributed by atoms with Crippen molar-refractivity contribution >= 4 is 5.69 Å². The van der Waals surface area contributed by atoms with E-state index >= 15 is 0 Å². The van der Waals surface area contributed by atoms with Crippen molar-refractivity contribution in [3.05, 3.63) is 29.6 Å². The van der Waals surface area contributed by atoms with E-state index in [-0.39, 0.29) is 5.82 Å². The zero-order valence-corrected chi connectivity index (χ0v) is 9.63. The number of anilines is 1. The smallest absolute Gasteiger partial charge is 0.123 e. The van der Waals surface area contributed by atoms with Gasteiger partial charge in [-0.05, 0) is 49.9 Å². The highest BCUT2D eigenvalue weighted by Gasteiger charge is 2.12. The van der Waals surface area contributed by atoms with Gasteiger partial charge in [-0.1, -0.05) is 0 Å². The number of nitrogens with one attached hydrogen (secondary N) is 1. The molecule has 1 N–H and O–H groups in total. The van der Waals surface area contributed by atoms with Crippen LogP contribution in [-0.2, 0) is 4.74 Å². The van der Waals surface area contributed by atoms with Gasteiger partial charge in [-0.15, -0.1) is 0 Å². The molecule has 3 heteroatoms. The van der Waals surface area contributed by atoms with Crippen molar-refractivity contribution in [3.63, 3.8) is 0 Å². The molecule has 0 saturated carbocycles. The van der Waals surface area contributed by atoms with E-state index in [1.165, 1.54) is 6.07 Å². The first-order chi connectivity index (χ1) is 7.75. The molecule has 16 heavy (non-hydrogen) atoms. The largest absolute Gasteiger partial charge is 0.382 e. The van der Waals surface area contributed by atoms with Gasteiger partial charge in [-0.25, -0.2) is 4.39 Å². The summed E-state index contributed by atoms with van der Waals surface area (Å²) in [5.41, 5.74) is 2.00. The molecule has 1 saturated heterocycles. The van der Waals surface area contributed by atoms with Crippen molar-refractivity contribution in [2.75, 3.05) is 18.5 Å². The maximum atomic E-state index is 12.9. The first-order valence-corrected chi connectivity index (χ1v) is 5.86. The fourth-order valence-corrected chi connectivity index (χ4v) is 2.06. The Balaban J connectivity index is 2.01. The number of rotatable bonds is 2. The predicted octanol–water partition coefficient (Wildman–Crippen LogP) is 3.12. The van der Waals surface area contributed by atoms with Crippen LogP contribution in [0.25, 0.3) is 0 Å². The summed E-state index contributed by atoms with van der Waals surface area (Å²) in [6.07, 6.45) is 3.24. The second-order valence-corrected chi connectivity index (χ2v) is 4.34. The van der Waals surface area contributed by atoms with Gasteiger partial charge in [-0.2, -0.15) is 0 Å². The highest BCUT2D eigenvalue weighted by molar-refractivity contribution is 5.51. The van der Waals surface area contributed by atoms with Crippen molar-refractivity contribution in [1.29, 1.82) is 0 Å². The third kappa shape index (κ3) is 2.95. The minimum absolute atomic E-state index is 0.174. The Bertz CT molecular complexity index is 346. The Hall–Kier alpha value is -1.09. The monoisotopic (exact) mass is 223 g/mol. The van der Waals surface area contributed by atoms with Crippen LogP contribution in [0, 0.1) is 12.7 Å². The SMILES string of the molecule is Cc1cc(F)ccc1NC1CCCOCC1. The van der Waals surface area contributed by atoms with Crippen molar-refractivity contribution in [2.24, 2.45) is 0 Å². The van der Waals surface area contributed by atoms with Crippen LogP contribution < -0.4 is 5.32 Å². The van der Waals surface area contributed by atoms with Crippen molar-refractivity contribution in [2.45, 2.75) is 32.2 Å². The van der Waals surface area contributed by atoms with Gasteiger partial charge in [0.15, 0.2) is 0 Å². The molecular weight excluding hydrogens is 205 g/mol. The minimum atomic E-state index is -0.174. The summed E-state index contributed by atoms with van der Waals surface area (Å²) in [5, 5.41) is 3.47. The lowest BCUT2D eigenvalue weighted by Gasteiger charge is -2.18. The summed E-state index contributed by atoms with van der Waals surface area (Å²) in [4.78, 5) is 0. The van der Waals surface area contributed by atoms with E-state index in [4.69, 9.17) is 4.74 Å². The van der Waals surface area contributed by atoms with E-state index in [9.17, 15) is 4.39 Å². The van der Waals surface area contributed by atoms with Crippen LogP contribution in [-0.4, -0.2) is 19.3 Å². The van der Waals surface area contributed by atoms with Gasteiger partial charge in [0.25, 0.3) is 0 Å². The molecule has 1 aromatic carbocycles. The third-order valence-corrected chi connectivity index (χ3v) is 3.00. The molecular formula is C13H18FNO. The van der Waals surface area contributed by atoms with Crippen LogP contribution in [0.4, 0.5) is 10.1 Å². The molecule has 0 bridgehead atoms. The molecule has 1 fully saturated rings. The number of hydrogen-bond acceptors (Lipinski definition) is 2. The minimum Gasteiger partial charge on any atom is -0.382 e. The Morgan fingerprint density at radius 1 is 1.31 bits per heavy atom. The summed E-state index contributed by atoms with van der Waals surface area (Å²) in [5.74, 6) is -0.174. The van der Waals surface area contributed by atoms with Gasteiger partial charge < -0.3 is 10.1 Å². The summed E-state index contributed by atoms with van der Waals surface area (Å²) >= 11 is 0. The van der Waals surface area contributed by atoms with Gasteiger partial charge in [0.2, 0.25) is 0 Å². The van der Waals surface area contributed by atoms with Crippen LogP contribution in [0.1, 0.15) is 24.8 Å². The predicted molar refractivity (Wildman–Crippen MR) is 63.2 cm³/mol. The van der Waals surface area contributed by atoms with Crippen LogP contribution in [0.3, 0.4) is 0 Å². The van der Waals surface area contributed by atoms with Gasteiger partial charge in [0.1, 0.15) is 5.82 Å².